The second-order valence-electron chi connectivity index (χ2n) is 7.74. The molecule has 3 rings (SSSR count). The average Bonchev–Trinajstić information content (AvgIpc) is 3.06. The van der Waals surface area contributed by atoms with E-state index >= 15 is 0 Å². The molecule has 2 fully saturated rings. The van der Waals surface area contributed by atoms with Gasteiger partial charge >= 0.3 is 6.03 Å². The van der Waals surface area contributed by atoms with Crippen molar-refractivity contribution in [3.63, 3.8) is 0 Å². The molecule has 1 atom stereocenters. The van der Waals surface area contributed by atoms with Crippen LogP contribution in [0.1, 0.15) is 19.8 Å². The predicted octanol–water partition coefficient (Wildman–Crippen LogP) is -1.06. The molecule has 2 saturated heterocycles. The van der Waals surface area contributed by atoms with Gasteiger partial charge in [-0.3, -0.25) is 4.79 Å². The van der Waals surface area contributed by atoms with Gasteiger partial charge in [0, 0.05) is 36.6 Å². The van der Waals surface area contributed by atoms with Crippen molar-refractivity contribution >= 4 is 29.2 Å². The van der Waals surface area contributed by atoms with Crippen LogP contribution >= 0.6 is 11.6 Å². The number of hydrogen-bond donors (Lipinski definition) is 4. The molecule has 0 spiro atoms. The van der Waals surface area contributed by atoms with E-state index in [1.807, 2.05) is 12.1 Å². The number of benzene rings is 1. The highest BCUT2D eigenvalue weighted by atomic mass is 35.5. The first-order chi connectivity index (χ1) is 13.5. The van der Waals surface area contributed by atoms with Crippen LogP contribution in [0.15, 0.2) is 24.3 Å². The van der Waals surface area contributed by atoms with Crippen LogP contribution in [-0.2, 0) is 4.79 Å². The van der Waals surface area contributed by atoms with Crippen LogP contribution in [0.4, 0.5) is 10.5 Å². The third kappa shape index (κ3) is 5.83. The Hall–Kier alpha value is -1.83. The fourth-order valence-electron chi connectivity index (χ4n) is 4.01. The molecular formula is C20H32ClN5O2+2. The number of piperazine rings is 1. The molecule has 3 amide bonds. The highest BCUT2D eigenvalue weighted by molar-refractivity contribution is 6.30. The average molecular weight is 410 g/mol. The van der Waals surface area contributed by atoms with E-state index in [0.717, 1.165) is 18.7 Å². The maximum Gasteiger partial charge on any atom is 0.315 e. The minimum atomic E-state index is -0.189. The first kappa shape index (κ1) is 20.9. The minimum Gasteiger partial charge on any atom is -0.338 e. The lowest BCUT2D eigenvalue weighted by molar-refractivity contribution is -1.01. The first-order valence-corrected chi connectivity index (χ1v) is 10.7. The molecule has 2 heterocycles. The van der Waals surface area contributed by atoms with Gasteiger partial charge in [-0.05, 0) is 31.2 Å². The summed E-state index contributed by atoms with van der Waals surface area (Å²) in [6.07, 6.45) is 1.30. The van der Waals surface area contributed by atoms with Crippen molar-refractivity contribution in [1.82, 2.24) is 10.6 Å². The zero-order valence-corrected chi connectivity index (χ0v) is 17.4. The number of rotatable bonds is 7. The normalized spacial score (nSPS) is 25.0. The lowest BCUT2D eigenvalue weighted by atomic mass is 10.2. The van der Waals surface area contributed by atoms with Crippen LogP contribution < -0.4 is 25.3 Å². The van der Waals surface area contributed by atoms with Gasteiger partial charge in [0.15, 0.2) is 0 Å². The summed E-state index contributed by atoms with van der Waals surface area (Å²) in [6, 6.07) is 6.83. The molecule has 0 saturated carbocycles. The molecule has 2 aliphatic rings. The number of nitrogens with one attached hydrogen (secondary N) is 4. The smallest absolute Gasteiger partial charge is 0.315 e. The van der Waals surface area contributed by atoms with Gasteiger partial charge < -0.3 is 25.3 Å². The van der Waals surface area contributed by atoms with Gasteiger partial charge in [0.05, 0.1) is 19.1 Å². The Bertz CT molecular complexity index is 661. The molecule has 28 heavy (non-hydrogen) atoms. The van der Waals surface area contributed by atoms with Crippen LogP contribution in [0.5, 0.6) is 0 Å². The highest BCUT2D eigenvalue weighted by Gasteiger charge is 2.31. The molecule has 0 radical (unpaired) electrons. The fraction of sp³-hybridized carbons (Fsp3) is 0.600. The Labute approximate surface area is 172 Å². The van der Waals surface area contributed by atoms with E-state index in [1.165, 1.54) is 32.7 Å². The lowest BCUT2D eigenvalue weighted by Crippen LogP contribution is -3.28. The zero-order chi connectivity index (χ0) is 19.9. The van der Waals surface area contributed by atoms with Crippen LogP contribution in [0.2, 0.25) is 5.02 Å². The topological polar surface area (TPSA) is 70.3 Å². The van der Waals surface area contributed by atoms with E-state index in [9.17, 15) is 9.59 Å². The molecule has 2 aliphatic heterocycles. The van der Waals surface area contributed by atoms with Crippen molar-refractivity contribution in [2.75, 3.05) is 57.3 Å². The number of hydrogen-bond acceptors (Lipinski definition) is 2. The summed E-state index contributed by atoms with van der Waals surface area (Å²) >= 11 is 5.90. The number of carbonyl (C=O) groups excluding carboxylic acids is 2. The van der Waals surface area contributed by atoms with Crippen LogP contribution in [0.25, 0.3) is 0 Å². The molecule has 0 aromatic heterocycles. The second kappa shape index (κ2) is 10.1. The Balaban J connectivity index is 1.33. The van der Waals surface area contributed by atoms with Crippen molar-refractivity contribution in [3.8, 4) is 0 Å². The van der Waals surface area contributed by atoms with Gasteiger partial charge in [0.2, 0.25) is 5.91 Å². The summed E-state index contributed by atoms with van der Waals surface area (Å²) in [4.78, 5) is 29.4. The molecule has 1 aromatic rings. The van der Waals surface area contributed by atoms with Gasteiger partial charge in [-0.15, -0.1) is 0 Å². The molecule has 7 nitrogen and oxygen atoms in total. The van der Waals surface area contributed by atoms with E-state index in [1.54, 1.807) is 26.8 Å². The van der Waals surface area contributed by atoms with E-state index in [-0.39, 0.29) is 18.0 Å². The van der Waals surface area contributed by atoms with E-state index in [0.29, 0.717) is 24.5 Å². The van der Waals surface area contributed by atoms with Crippen LogP contribution in [-0.4, -0.2) is 70.3 Å². The molecule has 154 valence electrons. The third-order valence-electron chi connectivity index (χ3n) is 5.76. The molecule has 8 heteroatoms. The lowest BCUT2D eigenvalue weighted by Gasteiger charge is -2.29. The summed E-state index contributed by atoms with van der Waals surface area (Å²) in [6.45, 7) is 10.7. The molecule has 0 unspecified atom stereocenters. The third-order valence-corrected chi connectivity index (χ3v) is 6.01. The number of halogens is 1. The maximum atomic E-state index is 12.2. The summed E-state index contributed by atoms with van der Waals surface area (Å²) in [7, 11) is 0. The van der Waals surface area contributed by atoms with E-state index < -0.39 is 0 Å². The van der Waals surface area contributed by atoms with Crippen molar-refractivity contribution in [2.45, 2.75) is 25.8 Å². The Kier molecular flexibility index (Phi) is 7.53. The molecule has 1 aromatic carbocycles. The van der Waals surface area contributed by atoms with Gasteiger partial charge in [0.1, 0.15) is 26.2 Å². The second-order valence-corrected chi connectivity index (χ2v) is 8.18. The molecule has 4 N–H and O–H groups in total. The van der Waals surface area contributed by atoms with Gasteiger partial charge in [-0.25, -0.2) is 4.79 Å². The van der Waals surface area contributed by atoms with E-state index in [4.69, 9.17) is 11.6 Å². The maximum absolute atomic E-state index is 12.2. The molecular weight excluding hydrogens is 378 g/mol. The van der Waals surface area contributed by atoms with Gasteiger partial charge in [-0.2, -0.15) is 0 Å². The fourth-order valence-corrected chi connectivity index (χ4v) is 4.14. The number of nitrogens with zero attached hydrogens (tertiary/aromatic N) is 1. The number of anilines is 1. The number of likely N-dealkylation sites (N-methyl/N-ethyl adjacent to an activating group) is 1. The van der Waals surface area contributed by atoms with E-state index in [2.05, 4.69) is 17.6 Å². The zero-order valence-electron chi connectivity index (χ0n) is 16.6. The highest BCUT2D eigenvalue weighted by Crippen LogP contribution is 2.23. The van der Waals surface area contributed by atoms with Crippen LogP contribution in [0, 0.1) is 0 Å². The van der Waals surface area contributed by atoms with Gasteiger partial charge in [-0.1, -0.05) is 11.6 Å². The monoisotopic (exact) mass is 409 g/mol. The molecule has 0 bridgehead atoms. The SMILES string of the molecule is CC[NH+]1CC[NH+](CCCNC(=O)N[C@H]2CC(=O)N(c3ccc(Cl)cc3)C2)CC1. The van der Waals surface area contributed by atoms with Crippen molar-refractivity contribution < 1.29 is 19.4 Å². The molecule has 0 aliphatic carbocycles. The van der Waals surface area contributed by atoms with Crippen molar-refractivity contribution in [1.29, 1.82) is 0 Å². The summed E-state index contributed by atoms with van der Waals surface area (Å²) in [5.41, 5.74) is 0.812. The first-order valence-electron chi connectivity index (χ1n) is 10.3. The Morgan fingerprint density at radius 2 is 1.86 bits per heavy atom. The number of urea groups is 1. The van der Waals surface area contributed by atoms with Gasteiger partial charge in [0.25, 0.3) is 0 Å². The largest absolute Gasteiger partial charge is 0.338 e. The Morgan fingerprint density at radius 1 is 1.18 bits per heavy atom. The number of quaternary nitrogens is 2. The Morgan fingerprint density at radius 3 is 2.54 bits per heavy atom. The quantitative estimate of drug-likeness (QED) is 0.433. The van der Waals surface area contributed by atoms with Crippen LogP contribution in [0.3, 0.4) is 0 Å². The van der Waals surface area contributed by atoms with Crippen molar-refractivity contribution in [3.05, 3.63) is 29.3 Å². The van der Waals surface area contributed by atoms with Crippen molar-refractivity contribution in [2.24, 2.45) is 0 Å². The summed E-state index contributed by atoms with van der Waals surface area (Å²) in [5, 5.41) is 6.49. The standard InChI is InChI=1S/C20H30ClN5O2/c1-2-24-10-12-25(13-11-24)9-3-8-22-20(28)23-17-14-19(27)26(15-17)18-6-4-16(21)5-7-18/h4-7,17H,2-3,8-15H2,1H3,(H2,22,23,28)/p+2/t17-/m0/s1. The number of carbonyl (C=O) groups is 2. The summed E-state index contributed by atoms with van der Waals surface area (Å²) < 4.78 is 0. The number of amides is 3. The predicted molar refractivity (Wildman–Crippen MR) is 110 cm³/mol. The summed E-state index contributed by atoms with van der Waals surface area (Å²) in [5.74, 6) is 0.0181. The minimum absolute atomic E-state index is 0.0181.